The third kappa shape index (κ3) is 7.61. The van der Waals surface area contributed by atoms with E-state index in [4.69, 9.17) is 0 Å². The van der Waals surface area contributed by atoms with E-state index in [-0.39, 0.29) is 11.8 Å². The minimum absolute atomic E-state index is 0.329. The van der Waals surface area contributed by atoms with Crippen molar-refractivity contribution in [1.29, 1.82) is 0 Å². The van der Waals surface area contributed by atoms with Gasteiger partial charge in [-0.05, 0) is 12.8 Å². The summed E-state index contributed by atoms with van der Waals surface area (Å²) in [5.41, 5.74) is 0. The van der Waals surface area contributed by atoms with Crippen LogP contribution in [0, 0.1) is 0 Å². The van der Waals surface area contributed by atoms with Crippen LogP contribution in [0.1, 0.15) is 39.5 Å². The zero-order chi connectivity index (χ0) is 11.7. The SMILES string of the molecule is CCCC(=O)CCC.O=C1C=CC(=O)N1. The van der Waals surface area contributed by atoms with E-state index in [0.29, 0.717) is 5.78 Å². The van der Waals surface area contributed by atoms with Gasteiger partial charge >= 0.3 is 0 Å². The van der Waals surface area contributed by atoms with Crippen molar-refractivity contribution in [2.75, 3.05) is 0 Å². The average Bonchev–Trinajstić information content (AvgIpc) is 2.52. The van der Waals surface area contributed by atoms with E-state index in [1.54, 1.807) is 0 Å². The van der Waals surface area contributed by atoms with Crippen LogP contribution >= 0.6 is 0 Å². The second kappa shape index (κ2) is 7.91. The molecule has 4 heteroatoms. The van der Waals surface area contributed by atoms with Gasteiger partial charge in [0.15, 0.2) is 0 Å². The minimum Gasteiger partial charge on any atom is -0.300 e. The van der Waals surface area contributed by atoms with E-state index in [9.17, 15) is 14.4 Å². The van der Waals surface area contributed by atoms with Crippen molar-refractivity contribution < 1.29 is 14.4 Å². The van der Waals surface area contributed by atoms with Crippen LogP contribution in [0.4, 0.5) is 0 Å². The first-order valence-corrected chi connectivity index (χ1v) is 5.14. The molecule has 1 rings (SSSR count). The lowest BCUT2D eigenvalue weighted by Gasteiger charge is -1.91. The molecule has 0 spiro atoms. The quantitative estimate of drug-likeness (QED) is 0.714. The average molecular weight is 211 g/mol. The Hall–Kier alpha value is -1.45. The second-order valence-corrected chi connectivity index (χ2v) is 3.23. The summed E-state index contributed by atoms with van der Waals surface area (Å²) in [4.78, 5) is 30.7. The van der Waals surface area contributed by atoms with Gasteiger partial charge in [-0.25, -0.2) is 0 Å². The number of hydrogen-bond donors (Lipinski definition) is 1. The van der Waals surface area contributed by atoms with Gasteiger partial charge in [-0.15, -0.1) is 0 Å². The summed E-state index contributed by atoms with van der Waals surface area (Å²) in [6.07, 6.45) is 5.93. The third-order valence-electron chi connectivity index (χ3n) is 1.69. The van der Waals surface area contributed by atoms with E-state index in [2.05, 4.69) is 0 Å². The highest BCUT2D eigenvalue weighted by Gasteiger charge is 2.06. The van der Waals surface area contributed by atoms with Gasteiger partial charge in [0.1, 0.15) is 5.78 Å². The molecule has 0 radical (unpaired) electrons. The zero-order valence-electron chi connectivity index (χ0n) is 9.21. The molecular weight excluding hydrogens is 194 g/mol. The van der Waals surface area contributed by atoms with Gasteiger partial charge in [0.2, 0.25) is 0 Å². The van der Waals surface area contributed by atoms with Crippen LogP contribution in [0.2, 0.25) is 0 Å². The fraction of sp³-hybridized carbons (Fsp3) is 0.545. The number of imide groups is 1. The number of hydrogen-bond acceptors (Lipinski definition) is 3. The van der Waals surface area contributed by atoms with Gasteiger partial charge in [0.05, 0.1) is 0 Å². The molecule has 1 N–H and O–H groups in total. The maximum atomic E-state index is 10.6. The van der Waals surface area contributed by atoms with Gasteiger partial charge in [-0.1, -0.05) is 13.8 Å². The smallest absolute Gasteiger partial charge is 0.250 e. The molecule has 0 fully saturated rings. The second-order valence-electron chi connectivity index (χ2n) is 3.23. The molecule has 0 aromatic carbocycles. The first-order valence-electron chi connectivity index (χ1n) is 5.14. The molecule has 15 heavy (non-hydrogen) atoms. The Morgan fingerprint density at radius 1 is 1.07 bits per heavy atom. The summed E-state index contributed by atoms with van der Waals surface area (Å²) in [5.74, 6) is -0.245. The van der Waals surface area contributed by atoms with E-state index in [1.165, 1.54) is 12.2 Å². The molecule has 1 aliphatic heterocycles. The van der Waals surface area contributed by atoms with E-state index in [0.717, 1.165) is 25.7 Å². The lowest BCUT2D eigenvalue weighted by molar-refractivity contribution is -0.123. The summed E-state index contributed by atoms with van der Waals surface area (Å²) in [5, 5.41) is 2.03. The summed E-state index contributed by atoms with van der Waals surface area (Å²) in [6, 6.07) is 0. The normalized spacial score (nSPS) is 13.2. The van der Waals surface area contributed by atoms with Crippen molar-refractivity contribution >= 4 is 17.6 Å². The Morgan fingerprint density at radius 2 is 1.47 bits per heavy atom. The van der Waals surface area contributed by atoms with E-state index >= 15 is 0 Å². The van der Waals surface area contributed by atoms with Crippen LogP contribution in [0.5, 0.6) is 0 Å². The molecule has 0 aromatic rings. The van der Waals surface area contributed by atoms with E-state index < -0.39 is 0 Å². The van der Waals surface area contributed by atoms with Gasteiger partial charge in [-0.2, -0.15) is 0 Å². The highest BCUT2D eigenvalue weighted by Crippen LogP contribution is 1.95. The van der Waals surface area contributed by atoms with Gasteiger partial charge in [0, 0.05) is 25.0 Å². The molecule has 0 saturated carbocycles. The number of rotatable bonds is 4. The minimum atomic E-state index is -0.329. The topological polar surface area (TPSA) is 63.2 Å². The molecule has 0 atom stereocenters. The summed E-state index contributed by atoms with van der Waals surface area (Å²) >= 11 is 0. The monoisotopic (exact) mass is 211 g/mol. The van der Waals surface area contributed by atoms with Crippen molar-refractivity contribution in [2.24, 2.45) is 0 Å². The van der Waals surface area contributed by atoms with Crippen LogP contribution in [-0.2, 0) is 14.4 Å². The molecule has 0 aliphatic carbocycles. The largest absolute Gasteiger partial charge is 0.300 e. The van der Waals surface area contributed by atoms with Crippen LogP contribution < -0.4 is 5.32 Å². The standard InChI is InChI=1S/C7H14O.C4H3NO2/c1-3-5-7(8)6-4-2;6-3-1-2-4(7)5-3/h3-6H2,1-2H3;1-2H,(H,5,6,7). The fourth-order valence-corrected chi connectivity index (χ4v) is 1.04. The van der Waals surface area contributed by atoms with Gasteiger partial charge in [-0.3, -0.25) is 19.7 Å². The van der Waals surface area contributed by atoms with Crippen LogP contribution in [-0.4, -0.2) is 17.6 Å². The summed E-state index contributed by atoms with van der Waals surface area (Å²) in [6.45, 7) is 4.07. The lowest BCUT2D eigenvalue weighted by Crippen LogP contribution is -2.19. The number of nitrogens with one attached hydrogen (secondary N) is 1. The highest BCUT2D eigenvalue weighted by molar-refractivity contribution is 6.12. The van der Waals surface area contributed by atoms with Crippen molar-refractivity contribution in [1.82, 2.24) is 5.32 Å². The van der Waals surface area contributed by atoms with Gasteiger partial charge < -0.3 is 0 Å². The third-order valence-corrected chi connectivity index (χ3v) is 1.69. The molecule has 1 aliphatic rings. The Morgan fingerprint density at radius 3 is 1.67 bits per heavy atom. The maximum absolute atomic E-state index is 10.6. The highest BCUT2D eigenvalue weighted by atomic mass is 16.2. The first-order chi connectivity index (χ1) is 7.10. The van der Waals surface area contributed by atoms with Crippen molar-refractivity contribution in [2.45, 2.75) is 39.5 Å². The van der Waals surface area contributed by atoms with E-state index in [1.807, 2.05) is 19.2 Å². The summed E-state index contributed by atoms with van der Waals surface area (Å²) in [7, 11) is 0. The van der Waals surface area contributed by atoms with Crippen LogP contribution in [0.3, 0.4) is 0 Å². The molecular formula is C11H17NO3. The number of amides is 2. The predicted molar refractivity (Wildman–Crippen MR) is 57.1 cm³/mol. The molecule has 4 nitrogen and oxygen atoms in total. The van der Waals surface area contributed by atoms with Crippen LogP contribution in [0.15, 0.2) is 12.2 Å². The molecule has 1 heterocycles. The van der Waals surface area contributed by atoms with Crippen molar-refractivity contribution in [3.8, 4) is 0 Å². The Labute approximate surface area is 89.7 Å². The van der Waals surface area contributed by atoms with Crippen molar-refractivity contribution in [3.63, 3.8) is 0 Å². The molecule has 84 valence electrons. The molecule has 2 amide bonds. The van der Waals surface area contributed by atoms with Gasteiger partial charge in [0.25, 0.3) is 11.8 Å². The number of carbonyl (C=O) groups is 3. The first kappa shape index (κ1) is 13.5. The Kier molecular flexibility index (Phi) is 7.14. The lowest BCUT2D eigenvalue weighted by atomic mass is 10.1. The maximum Gasteiger partial charge on any atom is 0.250 e. The zero-order valence-corrected chi connectivity index (χ0v) is 9.21. The molecule has 0 saturated heterocycles. The van der Waals surface area contributed by atoms with Crippen LogP contribution in [0.25, 0.3) is 0 Å². The Bertz CT molecular complexity index is 245. The number of ketones is 1. The fourth-order valence-electron chi connectivity index (χ4n) is 1.04. The number of carbonyl (C=O) groups excluding carboxylic acids is 3. The summed E-state index contributed by atoms with van der Waals surface area (Å²) < 4.78 is 0. The van der Waals surface area contributed by atoms with Crippen molar-refractivity contribution in [3.05, 3.63) is 12.2 Å². The Balaban J connectivity index is 0.000000262. The molecule has 0 unspecified atom stereocenters. The molecule has 0 bridgehead atoms. The number of Topliss-reactive ketones (excluding diaryl/α,β-unsaturated/α-hetero) is 1. The molecule has 0 aromatic heterocycles. The predicted octanol–water partition coefficient (Wildman–Crippen LogP) is 1.35.